The molecule has 2 heterocycles. The fraction of sp³-hybridized carbons (Fsp3) is 0.235. The summed E-state index contributed by atoms with van der Waals surface area (Å²) in [5.41, 5.74) is 2.94. The fourth-order valence-corrected chi connectivity index (χ4v) is 3.39. The van der Waals surface area contributed by atoms with E-state index in [9.17, 15) is 10.0 Å². The number of benzene rings is 1. The van der Waals surface area contributed by atoms with E-state index in [0.29, 0.717) is 28.5 Å². The molecular formula is C17H14ClN3O3. The van der Waals surface area contributed by atoms with E-state index < -0.39 is 12.2 Å². The van der Waals surface area contributed by atoms with Crippen molar-refractivity contribution in [1.82, 2.24) is 9.38 Å². The zero-order valence-electron chi connectivity index (χ0n) is 12.8. The molecule has 2 unspecified atom stereocenters. The van der Waals surface area contributed by atoms with Crippen molar-refractivity contribution in [2.24, 2.45) is 5.18 Å². The summed E-state index contributed by atoms with van der Waals surface area (Å²) in [6.07, 6.45) is 0.945. The number of hydrogen-bond acceptors (Lipinski definition) is 5. The summed E-state index contributed by atoms with van der Waals surface area (Å²) in [5, 5.41) is 13.8. The SMILES string of the molecule is Cc1nc2c(OC3c4ccccc4CC3O)cc(Cl)cn2c1N=O. The van der Waals surface area contributed by atoms with Crippen LogP contribution in [0, 0.1) is 11.8 Å². The summed E-state index contributed by atoms with van der Waals surface area (Å²) in [6, 6.07) is 9.39. The number of fused-ring (bicyclic) bond motifs is 2. The van der Waals surface area contributed by atoms with Crippen LogP contribution in [-0.2, 0) is 6.42 Å². The van der Waals surface area contributed by atoms with Crippen molar-refractivity contribution in [3.05, 3.63) is 63.3 Å². The van der Waals surface area contributed by atoms with Crippen LogP contribution in [-0.4, -0.2) is 20.6 Å². The average molecular weight is 344 g/mol. The maximum atomic E-state index is 11.1. The molecule has 4 rings (SSSR count). The highest BCUT2D eigenvalue weighted by molar-refractivity contribution is 6.30. The molecule has 1 aliphatic rings. The normalized spacial score (nSPS) is 19.5. The van der Waals surface area contributed by atoms with Crippen molar-refractivity contribution >= 4 is 23.1 Å². The molecule has 0 spiro atoms. The number of hydrogen-bond donors (Lipinski definition) is 1. The van der Waals surface area contributed by atoms with Gasteiger partial charge in [0.05, 0.1) is 16.8 Å². The number of imidazole rings is 1. The lowest BCUT2D eigenvalue weighted by molar-refractivity contribution is 0.0502. The van der Waals surface area contributed by atoms with Crippen molar-refractivity contribution < 1.29 is 9.84 Å². The monoisotopic (exact) mass is 343 g/mol. The Labute approximate surface area is 142 Å². The number of aliphatic hydroxyl groups is 1. The summed E-state index contributed by atoms with van der Waals surface area (Å²) in [6.45, 7) is 1.70. The lowest BCUT2D eigenvalue weighted by Crippen LogP contribution is -2.19. The molecular weight excluding hydrogens is 330 g/mol. The highest BCUT2D eigenvalue weighted by atomic mass is 35.5. The number of nitrogens with zero attached hydrogens (tertiary/aromatic N) is 3. The van der Waals surface area contributed by atoms with Gasteiger partial charge in [-0.2, -0.15) is 0 Å². The summed E-state index contributed by atoms with van der Waals surface area (Å²) in [7, 11) is 0. The van der Waals surface area contributed by atoms with E-state index in [0.717, 1.165) is 11.1 Å². The summed E-state index contributed by atoms with van der Waals surface area (Å²) < 4.78 is 7.57. The van der Waals surface area contributed by atoms with Gasteiger partial charge in [-0.15, -0.1) is 4.91 Å². The Bertz CT molecular complexity index is 954. The molecule has 3 aromatic rings. The Morgan fingerprint density at radius 2 is 2.21 bits per heavy atom. The molecule has 0 amide bonds. The zero-order chi connectivity index (χ0) is 16.8. The van der Waals surface area contributed by atoms with E-state index in [1.54, 1.807) is 19.2 Å². The summed E-state index contributed by atoms with van der Waals surface area (Å²) >= 11 is 6.15. The minimum atomic E-state index is -0.652. The van der Waals surface area contributed by atoms with E-state index in [1.807, 2.05) is 24.3 Å². The van der Waals surface area contributed by atoms with Crippen LogP contribution in [0.4, 0.5) is 5.82 Å². The van der Waals surface area contributed by atoms with Gasteiger partial charge in [0.2, 0.25) is 5.82 Å². The van der Waals surface area contributed by atoms with Gasteiger partial charge in [0.25, 0.3) is 0 Å². The van der Waals surface area contributed by atoms with Crippen molar-refractivity contribution in [3.63, 3.8) is 0 Å². The molecule has 1 aromatic carbocycles. The van der Waals surface area contributed by atoms with Gasteiger partial charge in [-0.25, -0.2) is 4.98 Å². The Morgan fingerprint density at radius 3 is 3.00 bits per heavy atom. The van der Waals surface area contributed by atoms with E-state index in [2.05, 4.69) is 10.2 Å². The summed E-state index contributed by atoms with van der Waals surface area (Å²) in [5.74, 6) is 0.589. The second kappa shape index (κ2) is 5.58. The molecule has 2 atom stereocenters. The van der Waals surface area contributed by atoms with Gasteiger partial charge < -0.3 is 9.84 Å². The van der Waals surface area contributed by atoms with Crippen LogP contribution < -0.4 is 4.74 Å². The smallest absolute Gasteiger partial charge is 0.204 e. The highest BCUT2D eigenvalue weighted by Crippen LogP contribution is 2.38. The maximum absolute atomic E-state index is 11.1. The Kier molecular flexibility index (Phi) is 3.51. The number of aromatic nitrogens is 2. The standard InChI is InChI=1S/C17H14ClN3O3/c1-9-16(20-23)21-8-11(18)7-14(17(21)19-9)24-15-12-5-3-2-4-10(12)6-13(15)22/h2-5,7-8,13,15,22H,6H2,1H3. The third-order valence-electron chi connectivity index (χ3n) is 4.28. The van der Waals surface area contributed by atoms with Gasteiger partial charge in [-0.1, -0.05) is 35.9 Å². The number of halogens is 1. The Balaban J connectivity index is 1.82. The van der Waals surface area contributed by atoms with E-state index in [1.165, 1.54) is 4.40 Å². The van der Waals surface area contributed by atoms with Crippen LogP contribution in [0.3, 0.4) is 0 Å². The van der Waals surface area contributed by atoms with E-state index in [4.69, 9.17) is 16.3 Å². The molecule has 7 heteroatoms. The number of ether oxygens (including phenoxy) is 1. The van der Waals surface area contributed by atoms with Gasteiger partial charge in [-0.3, -0.25) is 4.40 Å². The molecule has 1 N–H and O–H groups in total. The molecule has 122 valence electrons. The molecule has 0 radical (unpaired) electrons. The first-order chi connectivity index (χ1) is 11.6. The first kappa shape index (κ1) is 15.1. The highest BCUT2D eigenvalue weighted by Gasteiger charge is 2.33. The molecule has 0 fully saturated rings. The quantitative estimate of drug-likeness (QED) is 0.735. The van der Waals surface area contributed by atoms with Crippen LogP contribution in [0.1, 0.15) is 22.9 Å². The number of aliphatic hydroxyl groups excluding tert-OH is 1. The van der Waals surface area contributed by atoms with Gasteiger partial charge in [0.1, 0.15) is 0 Å². The molecule has 6 nitrogen and oxygen atoms in total. The number of rotatable bonds is 3. The summed E-state index contributed by atoms with van der Waals surface area (Å²) in [4.78, 5) is 15.4. The third kappa shape index (κ3) is 2.26. The van der Waals surface area contributed by atoms with Gasteiger partial charge in [0, 0.05) is 18.7 Å². The number of nitroso groups, excluding NO2 is 1. The predicted octanol–water partition coefficient (Wildman–Crippen LogP) is 3.73. The van der Waals surface area contributed by atoms with Crippen LogP contribution in [0.25, 0.3) is 5.65 Å². The van der Waals surface area contributed by atoms with Crippen LogP contribution in [0.2, 0.25) is 5.02 Å². The predicted molar refractivity (Wildman–Crippen MR) is 89.9 cm³/mol. The number of aryl methyl sites for hydroxylation is 1. The lowest BCUT2D eigenvalue weighted by Gasteiger charge is -2.19. The molecule has 0 saturated heterocycles. The topological polar surface area (TPSA) is 76.2 Å². The van der Waals surface area contributed by atoms with Crippen molar-refractivity contribution in [1.29, 1.82) is 0 Å². The first-order valence-corrected chi connectivity index (χ1v) is 7.90. The van der Waals surface area contributed by atoms with E-state index in [-0.39, 0.29) is 5.82 Å². The molecule has 2 aromatic heterocycles. The van der Waals surface area contributed by atoms with Crippen molar-refractivity contribution in [2.45, 2.75) is 25.6 Å². The molecule has 1 aliphatic carbocycles. The molecule has 0 aliphatic heterocycles. The second-order valence-electron chi connectivity index (χ2n) is 5.84. The van der Waals surface area contributed by atoms with Crippen LogP contribution in [0.15, 0.2) is 41.7 Å². The maximum Gasteiger partial charge on any atom is 0.204 e. The molecule has 0 saturated carbocycles. The molecule has 24 heavy (non-hydrogen) atoms. The third-order valence-corrected chi connectivity index (χ3v) is 4.48. The van der Waals surface area contributed by atoms with Gasteiger partial charge in [-0.05, 0) is 23.2 Å². The number of pyridine rings is 1. The first-order valence-electron chi connectivity index (χ1n) is 7.52. The van der Waals surface area contributed by atoms with Gasteiger partial charge >= 0.3 is 0 Å². The Morgan fingerprint density at radius 1 is 1.42 bits per heavy atom. The van der Waals surface area contributed by atoms with Crippen LogP contribution in [0.5, 0.6) is 5.75 Å². The minimum Gasteiger partial charge on any atom is -0.479 e. The fourth-order valence-electron chi connectivity index (χ4n) is 3.20. The molecule has 0 bridgehead atoms. The second-order valence-corrected chi connectivity index (χ2v) is 6.27. The van der Waals surface area contributed by atoms with Gasteiger partial charge in [0.15, 0.2) is 17.5 Å². The lowest BCUT2D eigenvalue weighted by atomic mass is 10.1. The average Bonchev–Trinajstić information content (AvgIpc) is 3.04. The Hall–Kier alpha value is -2.44. The zero-order valence-corrected chi connectivity index (χ0v) is 13.6. The van der Waals surface area contributed by atoms with E-state index >= 15 is 0 Å². The minimum absolute atomic E-state index is 0.185. The van der Waals surface area contributed by atoms with Crippen LogP contribution >= 0.6 is 11.6 Å². The largest absolute Gasteiger partial charge is 0.479 e. The van der Waals surface area contributed by atoms with Crippen molar-refractivity contribution in [3.8, 4) is 5.75 Å². The van der Waals surface area contributed by atoms with Crippen molar-refractivity contribution in [2.75, 3.05) is 0 Å².